The highest BCUT2D eigenvalue weighted by Crippen LogP contribution is 2.48. The maximum atomic E-state index is 10.4. The molecule has 0 bridgehead atoms. The molecule has 1 N–H and O–H groups in total. The molecule has 2 aliphatic rings. The van der Waals surface area contributed by atoms with Crippen molar-refractivity contribution < 1.29 is 14.7 Å². The summed E-state index contributed by atoms with van der Waals surface area (Å²) < 4.78 is 0. The molecule has 3 nitrogen and oxygen atoms in total. The molecule has 1 saturated carbocycles. The summed E-state index contributed by atoms with van der Waals surface area (Å²) in [5, 5.41) is 10.4. The number of hydrogen-bond acceptors (Lipinski definition) is 3. The van der Waals surface area contributed by atoms with E-state index in [9.17, 15) is 5.11 Å². The van der Waals surface area contributed by atoms with Crippen LogP contribution >= 0.6 is 0 Å². The van der Waals surface area contributed by atoms with Crippen LogP contribution in [0.15, 0.2) is 42.5 Å². The van der Waals surface area contributed by atoms with E-state index in [2.05, 4.69) is 31.2 Å². The minimum absolute atomic E-state index is 0.250. The zero-order valence-electron chi connectivity index (χ0n) is 15.1. The zero-order chi connectivity index (χ0) is 18.5. The standard InChI is InChI=1S/C22H24O.CO2/c1-15-11-12-18-17(13-15)14-20(19-9-5-6-10-21(19)23)22(18)16-7-3-2-4-8-16;2-1-3/h5-6,9-13,16,23H,2-4,7-8,14H2,1H3;. The molecule has 0 unspecified atom stereocenters. The average molecular weight is 348 g/mol. The molecular formula is C23H24O3. The third kappa shape index (κ3) is 3.63. The van der Waals surface area contributed by atoms with Crippen molar-refractivity contribution in [3.05, 3.63) is 64.7 Å². The Balaban J connectivity index is 0.000000613. The second kappa shape index (κ2) is 8.16. The van der Waals surface area contributed by atoms with Gasteiger partial charge >= 0.3 is 6.15 Å². The smallest absolute Gasteiger partial charge is 0.373 e. The molecule has 4 rings (SSSR count). The second-order valence-electron chi connectivity index (χ2n) is 7.17. The molecule has 0 atom stereocenters. The first kappa shape index (κ1) is 18.2. The number of aryl methyl sites for hydroxylation is 1. The zero-order valence-corrected chi connectivity index (χ0v) is 15.1. The van der Waals surface area contributed by atoms with E-state index < -0.39 is 0 Å². The number of phenols is 1. The summed E-state index contributed by atoms with van der Waals surface area (Å²) in [6.45, 7) is 2.17. The highest BCUT2D eigenvalue weighted by Gasteiger charge is 2.30. The maximum absolute atomic E-state index is 10.4. The fourth-order valence-electron chi connectivity index (χ4n) is 4.41. The average Bonchev–Trinajstić information content (AvgIpc) is 3.01. The maximum Gasteiger partial charge on any atom is 0.373 e. The molecular weight excluding hydrogens is 324 g/mol. The minimum Gasteiger partial charge on any atom is -0.507 e. The van der Waals surface area contributed by atoms with Crippen molar-refractivity contribution in [2.45, 2.75) is 45.4 Å². The lowest BCUT2D eigenvalue weighted by molar-refractivity contribution is -0.191. The first-order valence-corrected chi connectivity index (χ1v) is 9.26. The number of allylic oxidation sites excluding steroid dienone is 2. The number of phenolic OH excluding ortho intramolecular Hbond substituents is 1. The molecule has 0 saturated heterocycles. The Kier molecular flexibility index (Phi) is 5.70. The van der Waals surface area contributed by atoms with E-state index in [-0.39, 0.29) is 6.15 Å². The lowest BCUT2D eigenvalue weighted by Crippen LogP contribution is -2.09. The van der Waals surface area contributed by atoms with Gasteiger partial charge in [-0.15, -0.1) is 0 Å². The Labute approximate surface area is 154 Å². The summed E-state index contributed by atoms with van der Waals surface area (Å²) >= 11 is 0. The van der Waals surface area contributed by atoms with E-state index in [1.807, 2.05) is 18.2 Å². The van der Waals surface area contributed by atoms with Crippen LogP contribution in [0.25, 0.3) is 11.1 Å². The van der Waals surface area contributed by atoms with Crippen LogP contribution in [0.5, 0.6) is 5.75 Å². The molecule has 2 aromatic carbocycles. The normalized spacial score (nSPS) is 16.5. The number of carbonyl (C=O) groups excluding carboxylic acids is 2. The van der Waals surface area contributed by atoms with Gasteiger partial charge in [0.25, 0.3) is 0 Å². The lowest BCUT2D eigenvalue weighted by Gasteiger charge is -2.25. The van der Waals surface area contributed by atoms with Crippen LogP contribution in [0, 0.1) is 12.8 Å². The molecule has 2 aliphatic carbocycles. The summed E-state index contributed by atoms with van der Waals surface area (Å²) in [5.74, 6) is 1.07. The van der Waals surface area contributed by atoms with E-state index in [4.69, 9.17) is 9.59 Å². The molecule has 134 valence electrons. The Morgan fingerprint density at radius 1 is 0.962 bits per heavy atom. The fourth-order valence-corrected chi connectivity index (χ4v) is 4.41. The largest absolute Gasteiger partial charge is 0.507 e. The number of hydrogen-bond donors (Lipinski definition) is 1. The van der Waals surface area contributed by atoms with Gasteiger partial charge in [0.15, 0.2) is 0 Å². The topological polar surface area (TPSA) is 54.4 Å². The van der Waals surface area contributed by atoms with Crippen molar-refractivity contribution in [1.29, 1.82) is 0 Å². The molecule has 0 spiro atoms. The molecule has 1 fully saturated rings. The van der Waals surface area contributed by atoms with Gasteiger partial charge in [-0.2, -0.15) is 9.59 Å². The first-order valence-electron chi connectivity index (χ1n) is 9.26. The molecule has 26 heavy (non-hydrogen) atoms. The Morgan fingerprint density at radius 3 is 2.35 bits per heavy atom. The van der Waals surface area contributed by atoms with Crippen molar-refractivity contribution in [3.8, 4) is 5.75 Å². The van der Waals surface area contributed by atoms with Crippen LogP contribution in [-0.4, -0.2) is 11.3 Å². The van der Waals surface area contributed by atoms with Gasteiger partial charge in [0.05, 0.1) is 0 Å². The predicted octanol–water partition coefficient (Wildman–Crippen LogP) is 5.16. The number of rotatable bonds is 2. The SMILES string of the molecule is Cc1ccc2c(c1)CC(c1ccccc1O)=C2C1CCCCC1.O=C=O. The van der Waals surface area contributed by atoms with Crippen LogP contribution < -0.4 is 0 Å². The third-order valence-electron chi connectivity index (χ3n) is 5.49. The van der Waals surface area contributed by atoms with Crippen LogP contribution in [0.2, 0.25) is 0 Å². The summed E-state index contributed by atoms with van der Waals surface area (Å²) in [4.78, 5) is 16.2. The quantitative estimate of drug-likeness (QED) is 0.815. The number of fused-ring (bicyclic) bond motifs is 1. The molecule has 3 heteroatoms. The lowest BCUT2D eigenvalue weighted by atomic mass is 9.79. The minimum atomic E-state index is 0.250. The van der Waals surface area contributed by atoms with Gasteiger partial charge in [0.1, 0.15) is 5.75 Å². The van der Waals surface area contributed by atoms with Gasteiger partial charge in [-0.05, 0) is 60.4 Å². The van der Waals surface area contributed by atoms with Crippen LogP contribution in [-0.2, 0) is 16.0 Å². The Bertz CT molecular complexity index is 852. The van der Waals surface area contributed by atoms with Crippen molar-refractivity contribution in [3.63, 3.8) is 0 Å². The van der Waals surface area contributed by atoms with Gasteiger partial charge in [-0.3, -0.25) is 0 Å². The van der Waals surface area contributed by atoms with Crippen molar-refractivity contribution in [2.75, 3.05) is 0 Å². The number of benzene rings is 2. The Hall–Kier alpha value is -2.64. The van der Waals surface area contributed by atoms with Crippen LogP contribution in [0.4, 0.5) is 0 Å². The van der Waals surface area contributed by atoms with Gasteiger partial charge in [-0.25, -0.2) is 0 Å². The molecule has 0 heterocycles. The predicted molar refractivity (Wildman–Crippen MR) is 101 cm³/mol. The monoisotopic (exact) mass is 348 g/mol. The fraction of sp³-hybridized carbons (Fsp3) is 0.348. The van der Waals surface area contributed by atoms with E-state index in [0.29, 0.717) is 11.7 Å². The van der Waals surface area contributed by atoms with E-state index in [0.717, 1.165) is 12.0 Å². The summed E-state index contributed by atoms with van der Waals surface area (Å²) in [5.41, 5.74) is 8.09. The highest BCUT2D eigenvalue weighted by molar-refractivity contribution is 5.99. The van der Waals surface area contributed by atoms with Gasteiger partial charge in [0, 0.05) is 5.56 Å². The van der Waals surface area contributed by atoms with Crippen molar-refractivity contribution in [2.24, 2.45) is 5.92 Å². The number of aromatic hydroxyl groups is 1. The van der Waals surface area contributed by atoms with Crippen molar-refractivity contribution in [1.82, 2.24) is 0 Å². The molecule has 2 aromatic rings. The first-order chi connectivity index (χ1) is 12.7. The van der Waals surface area contributed by atoms with Crippen molar-refractivity contribution >= 4 is 17.3 Å². The van der Waals surface area contributed by atoms with E-state index in [1.165, 1.54) is 59.9 Å². The number of para-hydroxylation sites is 1. The van der Waals surface area contributed by atoms with Crippen LogP contribution in [0.3, 0.4) is 0 Å². The van der Waals surface area contributed by atoms with E-state index >= 15 is 0 Å². The highest BCUT2D eigenvalue weighted by atomic mass is 16.3. The molecule has 0 aliphatic heterocycles. The summed E-state index contributed by atoms with van der Waals surface area (Å²) in [7, 11) is 0. The van der Waals surface area contributed by atoms with E-state index in [1.54, 1.807) is 0 Å². The second-order valence-corrected chi connectivity index (χ2v) is 7.17. The Morgan fingerprint density at radius 2 is 1.65 bits per heavy atom. The third-order valence-corrected chi connectivity index (χ3v) is 5.49. The summed E-state index contributed by atoms with van der Waals surface area (Å²) in [6.07, 6.45) is 7.84. The molecule has 0 aromatic heterocycles. The summed E-state index contributed by atoms with van der Waals surface area (Å²) in [6, 6.07) is 14.7. The molecule has 0 amide bonds. The molecule has 0 radical (unpaired) electrons. The van der Waals surface area contributed by atoms with Gasteiger partial charge in [-0.1, -0.05) is 61.2 Å². The van der Waals surface area contributed by atoms with Gasteiger partial charge < -0.3 is 5.11 Å². The van der Waals surface area contributed by atoms with Gasteiger partial charge in [0.2, 0.25) is 0 Å². The van der Waals surface area contributed by atoms with Crippen LogP contribution in [0.1, 0.15) is 54.4 Å².